The van der Waals surface area contributed by atoms with Crippen LogP contribution in [0.25, 0.3) is 17.7 Å². The number of nitriles is 1. The summed E-state index contributed by atoms with van der Waals surface area (Å²) in [4.78, 5) is 0. The number of hydrogen-bond donors (Lipinski definition) is 1. The Balaban J connectivity index is 0.00000222. The van der Waals surface area contributed by atoms with E-state index in [-0.39, 0.29) is 0 Å². The topological polar surface area (TPSA) is 58.2 Å². The number of unbranched alkanes of at least 4 members (excludes halogenated alkanes) is 1. The Hall–Kier alpha value is -2.18. The van der Waals surface area contributed by atoms with Crippen molar-refractivity contribution < 1.29 is 8.94 Å². The lowest BCUT2D eigenvalue weighted by Gasteiger charge is -2.15. The van der Waals surface area contributed by atoms with Crippen LogP contribution in [-0.4, -0.2) is 26.4 Å². The molecule has 1 atom stereocenters. The van der Waals surface area contributed by atoms with Crippen molar-refractivity contribution in [3.05, 3.63) is 62.9 Å². The van der Waals surface area contributed by atoms with Crippen LogP contribution in [0, 0.1) is 24.9 Å². The molecule has 0 spiro atoms. The van der Waals surface area contributed by atoms with E-state index in [4.69, 9.17) is 14.2 Å². The first kappa shape index (κ1) is 30.0. The number of hydrogen-bond acceptors (Lipinski definition) is 4. The maximum absolute atomic E-state index is 8.98. The minimum Gasteiger partial charge on any atom is -0.461 e. The normalized spacial score (nSPS) is 12.9. The van der Waals surface area contributed by atoms with E-state index >= 15 is 0 Å². The zero-order valence-electron chi connectivity index (χ0n) is 23.3. The van der Waals surface area contributed by atoms with Crippen molar-refractivity contribution >= 4 is 25.9 Å². The highest BCUT2D eigenvalue weighted by Crippen LogP contribution is 2.32. The van der Waals surface area contributed by atoms with Crippen LogP contribution in [0.4, 0.5) is 0 Å². The second-order valence-corrected chi connectivity index (χ2v) is 10.8. The Labute approximate surface area is 220 Å². The maximum Gasteiger partial charge on any atom is 0.137 e. The fraction of sp³-hybridized carbons (Fsp3) is 0.516. The zero-order chi connectivity index (χ0) is 26.5. The molecule has 1 heterocycles. The fourth-order valence-electron chi connectivity index (χ4n) is 4.74. The Morgan fingerprint density at radius 1 is 1.11 bits per heavy atom. The highest BCUT2D eigenvalue weighted by atomic mass is 31.1. The van der Waals surface area contributed by atoms with Crippen LogP contribution < -0.4 is 16.0 Å². The van der Waals surface area contributed by atoms with E-state index in [0.29, 0.717) is 0 Å². The van der Waals surface area contributed by atoms with Gasteiger partial charge >= 0.3 is 0 Å². The van der Waals surface area contributed by atoms with E-state index in [0.717, 1.165) is 80.9 Å². The van der Waals surface area contributed by atoms with Gasteiger partial charge in [0, 0.05) is 37.0 Å². The predicted octanol–water partition coefficient (Wildman–Crippen LogP) is 6.73. The van der Waals surface area contributed by atoms with Gasteiger partial charge in [-0.3, -0.25) is 0 Å². The van der Waals surface area contributed by atoms with Gasteiger partial charge in [-0.2, -0.15) is 5.26 Å². The summed E-state index contributed by atoms with van der Waals surface area (Å²) in [5, 5.41) is 13.7. The summed E-state index contributed by atoms with van der Waals surface area (Å²) in [7, 11) is 0.671. The van der Waals surface area contributed by atoms with Gasteiger partial charge < -0.3 is 14.3 Å². The molecule has 0 saturated carbocycles. The largest absolute Gasteiger partial charge is 0.461 e. The number of benzene rings is 1. The van der Waals surface area contributed by atoms with Crippen molar-refractivity contribution in [3.63, 3.8) is 0 Å². The molecule has 1 unspecified atom stereocenters. The first-order valence-electron chi connectivity index (χ1n) is 13.5. The third-order valence-corrected chi connectivity index (χ3v) is 7.89. The first-order valence-corrected chi connectivity index (χ1v) is 15.0. The van der Waals surface area contributed by atoms with Crippen LogP contribution in [-0.2, 0) is 17.4 Å². The van der Waals surface area contributed by atoms with Crippen LogP contribution in [0.1, 0.15) is 86.5 Å². The van der Waals surface area contributed by atoms with Gasteiger partial charge in [-0.05, 0) is 86.4 Å². The number of nitrogens with zero attached hydrogens (tertiary/aromatic N) is 1. The van der Waals surface area contributed by atoms with E-state index in [9.17, 15) is 0 Å². The maximum atomic E-state index is 8.98. The molecule has 3 rings (SSSR count). The standard InChI is InChI=1S/C29H39N2O2P.C2H6/c1-6-7-13-28-29(26-11-8-9-14-27(26)33-28)23(4)24-18-21(2)25(22(3)19-24)12-10-15-31-16-17-34(20-30)32-5;1-2/h11,14,18-19,31H,4,6-10,12-13,15-17H2,1-3,5H3;1-2H3. The number of rotatable bonds is 13. The van der Waals surface area contributed by atoms with Crippen molar-refractivity contribution in [1.29, 1.82) is 5.26 Å². The second-order valence-electron chi connectivity index (χ2n) is 9.07. The third kappa shape index (κ3) is 7.91. The molecule has 0 aliphatic heterocycles. The zero-order valence-corrected chi connectivity index (χ0v) is 24.2. The smallest absolute Gasteiger partial charge is 0.137 e. The van der Waals surface area contributed by atoms with E-state index < -0.39 is 8.15 Å². The number of furan rings is 1. The summed E-state index contributed by atoms with van der Waals surface area (Å²) < 4.78 is 11.5. The van der Waals surface area contributed by atoms with Gasteiger partial charge in [0.15, 0.2) is 0 Å². The monoisotopic (exact) mass is 508 g/mol. The molecule has 4 nitrogen and oxygen atoms in total. The molecule has 1 aromatic carbocycles. The molecule has 0 amide bonds. The highest BCUT2D eigenvalue weighted by Gasteiger charge is 2.18. The third-order valence-electron chi connectivity index (χ3n) is 6.60. The van der Waals surface area contributed by atoms with Gasteiger partial charge in [0.1, 0.15) is 25.1 Å². The van der Waals surface area contributed by atoms with E-state index in [1.807, 2.05) is 13.8 Å². The van der Waals surface area contributed by atoms with Gasteiger partial charge in [-0.25, -0.2) is 0 Å². The molecule has 0 saturated heterocycles. The number of fused-ring (bicyclic) bond motifs is 1. The summed E-state index contributed by atoms with van der Waals surface area (Å²) in [6.45, 7) is 17.0. The van der Waals surface area contributed by atoms with E-state index in [1.165, 1.54) is 33.0 Å². The van der Waals surface area contributed by atoms with E-state index in [2.05, 4.69) is 62.8 Å². The van der Waals surface area contributed by atoms with Crippen molar-refractivity contribution in [2.45, 2.75) is 79.6 Å². The predicted molar refractivity (Wildman–Crippen MR) is 156 cm³/mol. The minimum atomic E-state index is -0.943. The van der Waals surface area contributed by atoms with Gasteiger partial charge in [0.25, 0.3) is 0 Å². The number of nitrogens with one attached hydrogen (secondary N) is 1. The van der Waals surface area contributed by atoms with Crippen LogP contribution in [0.5, 0.6) is 0 Å². The lowest BCUT2D eigenvalue weighted by Crippen LogP contribution is -2.25. The van der Waals surface area contributed by atoms with Crippen molar-refractivity contribution in [2.24, 2.45) is 0 Å². The number of aryl methyl sites for hydroxylation is 3. The summed E-state index contributed by atoms with van der Waals surface area (Å²) in [6, 6.07) is 4.60. The van der Waals surface area contributed by atoms with Crippen molar-refractivity contribution in [2.75, 3.05) is 26.4 Å². The van der Waals surface area contributed by atoms with Crippen LogP contribution in [0.3, 0.4) is 0 Å². The van der Waals surface area contributed by atoms with Gasteiger partial charge in [-0.15, -0.1) is 0 Å². The van der Waals surface area contributed by atoms with Crippen LogP contribution >= 0.6 is 8.15 Å². The summed E-state index contributed by atoms with van der Waals surface area (Å²) in [6.07, 6.45) is 12.8. The lowest BCUT2D eigenvalue weighted by atomic mass is 9.90. The van der Waals surface area contributed by atoms with Gasteiger partial charge in [0.05, 0.1) is 0 Å². The summed E-state index contributed by atoms with van der Waals surface area (Å²) in [5.74, 6) is 3.31. The Morgan fingerprint density at radius 2 is 1.81 bits per heavy atom. The Kier molecular flexibility index (Phi) is 13.2. The minimum absolute atomic E-state index is 0.782. The van der Waals surface area contributed by atoms with Crippen molar-refractivity contribution in [3.8, 4) is 5.81 Å². The molecule has 2 aromatic rings. The molecule has 196 valence electrons. The van der Waals surface area contributed by atoms with Gasteiger partial charge in [-0.1, -0.05) is 52.0 Å². The molecule has 36 heavy (non-hydrogen) atoms. The molecule has 1 N–H and O–H groups in total. The molecule has 0 bridgehead atoms. The molecular weight excluding hydrogens is 463 g/mol. The molecule has 1 aliphatic carbocycles. The summed E-state index contributed by atoms with van der Waals surface area (Å²) >= 11 is 0. The molecule has 0 radical (unpaired) electrons. The first-order chi connectivity index (χ1) is 17.5. The SMILES string of the molecule is C=C(c1cc(C)c(CCCNCCP(C#N)OC)c(C)c1)c1c(CCCC)oc2c1=CCCC=2.CC. The van der Waals surface area contributed by atoms with Gasteiger partial charge in [0.2, 0.25) is 0 Å². The summed E-state index contributed by atoms with van der Waals surface area (Å²) in [5.41, 5.74) is 8.59. The van der Waals surface area contributed by atoms with Crippen LogP contribution in [0.15, 0.2) is 23.1 Å². The molecule has 1 aliphatic rings. The average molecular weight is 509 g/mol. The second kappa shape index (κ2) is 15.8. The lowest BCUT2D eigenvalue weighted by molar-refractivity contribution is 0.466. The molecular formula is C31H45N2O2P. The van der Waals surface area contributed by atoms with E-state index in [1.54, 1.807) is 7.11 Å². The highest BCUT2D eigenvalue weighted by molar-refractivity contribution is 7.57. The molecule has 5 heteroatoms. The Morgan fingerprint density at radius 3 is 2.44 bits per heavy atom. The molecule has 1 aromatic heterocycles. The molecule has 0 fully saturated rings. The average Bonchev–Trinajstić information content (AvgIpc) is 3.27. The van der Waals surface area contributed by atoms with Crippen LogP contribution in [0.2, 0.25) is 0 Å². The quantitative estimate of drug-likeness (QED) is 0.241. The van der Waals surface area contributed by atoms with Crippen molar-refractivity contribution in [1.82, 2.24) is 5.32 Å². The Bertz CT molecular complexity index is 1130. The fourth-order valence-corrected chi connectivity index (χ4v) is 5.46.